The van der Waals surface area contributed by atoms with E-state index in [1.807, 2.05) is 0 Å². The number of carbonyl (C=O) groups excluding carboxylic acids is 1. The van der Waals surface area contributed by atoms with Gasteiger partial charge < -0.3 is 14.6 Å². The molecule has 1 saturated heterocycles. The van der Waals surface area contributed by atoms with Crippen molar-refractivity contribution in [2.24, 2.45) is 0 Å². The highest BCUT2D eigenvalue weighted by molar-refractivity contribution is 5.75. The molecule has 2 aromatic rings. The number of morpholine rings is 1. The average molecular weight is 348 g/mol. The fraction of sp³-hybridized carbons (Fsp3) is 0.471. The Morgan fingerprint density at radius 2 is 2.08 bits per heavy atom. The van der Waals surface area contributed by atoms with E-state index in [1.54, 1.807) is 18.2 Å². The lowest BCUT2D eigenvalue weighted by molar-refractivity contribution is -0.121. The van der Waals surface area contributed by atoms with Gasteiger partial charge in [0, 0.05) is 19.5 Å². The Kier molecular flexibility index (Phi) is 6.08. The zero-order chi connectivity index (χ0) is 17.5. The maximum atomic E-state index is 13.7. The fourth-order valence-electron chi connectivity index (χ4n) is 2.63. The number of nitrogens with zero attached hydrogens (tertiary/aromatic N) is 3. The molecule has 7 nitrogen and oxygen atoms in total. The van der Waals surface area contributed by atoms with Crippen molar-refractivity contribution in [2.45, 2.75) is 19.4 Å². The van der Waals surface area contributed by atoms with Crippen molar-refractivity contribution in [3.63, 3.8) is 0 Å². The van der Waals surface area contributed by atoms with Crippen molar-refractivity contribution >= 4 is 5.91 Å². The van der Waals surface area contributed by atoms with Crippen LogP contribution < -0.4 is 5.32 Å². The first-order chi connectivity index (χ1) is 12.2. The molecule has 1 aromatic heterocycles. The molecule has 0 spiro atoms. The molecule has 0 unspecified atom stereocenters. The molecule has 1 aromatic carbocycles. The molecule has 8 heteroatoms. The van der Waals surface area contributed by atoms with Crippen LogP contribution in [0.4, 0.5) is 4.39 Å². The summed E-state index contributed by atoms with van der Waals surface area (Å²) in [5, 5.41) is 6.50. The molecule has 1 aliphatic rings. The molecular formula is C17H21FN4O3. The van der Waals surface area contributed by atoms with E-state index in [-0.39, 0.29) is 29.7 Å². The quantitative estimate of drug-likeness (QED) is 0.819. The third-order valence-electron chi connectivity index (χ3n) is 4.00. The number of nitrogens with one attached hydrogen (secondary N) is 1. The van der Waals surface area contributed by atoms with E-state index in [2.05, 4.69) is 20.4 Å². The Morgan fingerprint density at radius 1 is 1.28 bits per heavy atom. The minimum absolute atomic E-state index is 0.0705. The van der Waals surface area contributed by atoms with Crippen LogP contribution in [-0.4, -0.2) is 53.8 Å². The summed E-state index contributed by atoms with van der Waals surface area (Å²) in [7, 11) is 0. The van der Waals surface area contributed by atoms with Crippen LogP contribution in [0.2, 0.25) is 0 Å². The van der Waals surface area contributed by atoms with Gasteiger partial charge in [-0.2, -0.15) is 4.98 Å². The minimum atomic E-state index is -0.415. The Labute approximate surface area is 145 Å². The SMILES string of the molecule is O=C(CCCN1CCOCC1)NCc1nc(-c2ccccc2F)no1. The molecule has 0 bridgehead atoms. The van der Waals surface area contributed by atoms with Crippen molar-refractivity contribution in [1.82, 2.24) is 20.4 Å². The van der Waals surface area contributed by atoms with Crippen molar-refractivity contribution in [2.75, 3.05) is 32.8 Å². The lowest BCUT2D eigenvalue weighted by atomic mass is 10.2. The van der Waals surface area contributed by atoms with Gasteiger partial charge in [-0.3, -0.25) is 9.69 Å². The van der Waals surface area contributed by atoms with Crippen LogP contribution in [0.5, 0.6) is 0 Å². The maximum Gasteiger partial charge on any atom is 0.246 e. The summed E-state index contributed by atoms with van der Waals surface area (Å²) >= 11 is 0. The van der Waals surface area contributed by atoms with Crippen LogP contribution in [0.3, 0.4) is 0 Å². The zero-order valence-electron chi connectivity index (χ0n) is 13.9. The predicted molar refractivity (Wildman–Crippen MR) is 88.0 cm³/mol. The van der Waals surface area contributed by atoms with Crippen LogP contribution in [-0.2, 0) is 16.1 Å². The van der Waals surface area contributed by atoms with Crippen LogP contribution in [0.15, 0.2) is 28.8 Å². The standard InChI is InChI=1S/C17H21FN4O3/c18-14-5-2-1-4-13(14)17-20-16(25-21-17)12-19-15(23)6-3-7-22-8-10-24-11-9-22/h1-2,4-5H,3,6-12H2,(H,19,23). The average Bonchev–Trinajstić information content (AvgIpc) is 3.10. The number of amides is 1. The van der Waals surface area contributed by atoms with Gasteiger partial charge >= 0.3 is 0 Å². The normalized spacial score (nSPS) is 15.2. The molecule has 0 radical (unpaired) electrons. The van der Waals surface area contributed by atoms with E-state index in [0.29, 0.717) is 6.42 Å². The van der Waals surface area contributed by atoms with Gasteiger partial charge in [-0.15, -0.1) is 0 Å². The Bertz CT molecular complexity index is 701. The molecule has 1 N–H and O–H groups in total. The van der Waals surface area contributed by atoms with Crippen LogP contribution >= 0.6 is 0 Å². The number of hydrogen-bond acceptors (Lipinski definition) is 6. The Balaban J connectivity index is 1.41. The molecule has 0 atom stereocenters. The molecule has 0 saturated carbocycles. The maximum absolute atomic E-state index is 13.7. The first-order valence-corrected chi connectivity index (χ1v) is 8.36. The minimum Gasteiger partial charge on any atom is -0.379 e. The number of rotatable bonds is 7. The number of benzene rings is 1. The summed E-state index contributed by atoms with van der Waals surface area (Å²) in [5.41, 5.74) is 0.273. The molecule has 1 aliphatic heterocycles. The number of carbonyl (C=O) groups is 1. The van der Waals surface area contributed by atoms with Crippen LogP contribution in [0.25, 0.3) is 11.4 Å². The van der Waals surface area contributed by atoms with Crippen LogP contribution in [0, 0.1) is 5.82 Å². The Morgan fingerprint density at radius 3 is 2.88 bits per heavy atom. The molecular weight excluding hydrogens is 327 g/mol. The summed E-state index contributed by atoms with van der Waals surface area (Å²) in [6, 6.07) is 6.21. The highest BCUT2D eigenvalue weighted by Gasteiger charge is 2.14. The van der Waals surface area contributed by atoms with E-state index in [9.17, 15) is 9.18 Å². The van der Waals surface area contributed by atoms with E-state index in [0.717, 1.165) is 39.3 Å². The lowest BCUT2D eigenvalue weighted by Gasteiger charge is -2.26. The van der Waals surface area contributed by atoms with Gasteiger partial charge in [0.2, 0.25) is 17.6 Å². The fourth-order valence-corrected chi connectivity index (χ4v) is 2.63. The summed E-state index contributed by atoms with van der Waals surface area (Å²) in [4.78, 5) is 18.3. The smallest absolute Gasteiger partial charge is 0.246 e. The second-order valence-corrected chi connectivity index (χ2v) is 5.83. The van der Waals surface area contributed by atoms with Gasteiger partial charge in [0.05, 0.1) is 25.3 Å². The molecule has 1 amide bonds. The third kappa shape index (κ3) is 5.07. The van der Waals surface area contributed by atoms with Crippen LogP contribution in [0.1, 0.15) is 18.7 Å². The number of halogens is 1. The van der Waals surface area contributed by atoms with Gasteiger partial charge in [0.15, 0.2) is 0 Å². The number of hydrogen-bond donors (Lipinski definition) is 1. The zero-order valence-corrected chi connectivity index (χ0v) is 13.9. The molecule has 3 rings (SSSR count). The highest BCUT2D eigenvalue weighted by Crippen LogP contribution is 2.19. The van der Waals surface area contributed by atoms with E-state index in [4.69, 9.17) is 9.26 Å². The van der Waals surface area contributed by atoms with Crippen molar-refractivity contribution in [3.05, 3.63) is 36.0 Å². The molecule has 1 fully saturated rings. The van der Waals surface area contributed by atoms with E-state index in [1.165, 1.54) is 6.07 Å². The van der Waals surface area contributed by atoms with Gasteiger partial charge in [-0.05, 0) is 25.1 Å². The monoisotopic (exact) mass is 348 g/mol. The molecule has 25 heavy (non-hydrogen) atoms. The van der Waals surface area contributed by atoms with Gasteiger partial charge in [0.1, 0.15) is 5.82 Å². The predicted octanol–water partition coefficient (Wildman–Crippen LogP) is 1.60. The van der Waals surface area contributed by atoms with E-state index < -0.39 is 5.82 Å². The first kappa shape index (κ1) is 17.5. The topological polar surface area (TPSA) is 80.5 Å². The second kappa shape index (κ2) is 8.68. The first-order valence-electron chi connectivity index (χ1n) is 8.36. The Hall–Kier alpha value is -2.32. The highest BCUT2D eigenvalue weighted by atomic mass is 19.1. The van der Waals surface area contributed by atoms with Crippen molar-refractivity contribution in [1.29, 1.82) is 0 Å². The summed E-state index contributed by atoms with van der Waals surface area (Å²) in [6.45, 7) is 4.37. The summed E-state index contributed by atoms with van der Waals surface area (Å²) in [5.74, 6) is -0.0599. The molecule has 134 valence electrons. The largest absolute Gasteiger partial charge is 0.379 e. The molecule has 2 heterocycles. The van der Waals surface area contributed by atoms with Gasteiger partial charge in [0.25, 0.3) is 0 Å². The van der Waals surface area contributed by atoms with E-state index >= 15 is 0 Å². The van der Waals surface area contributed by atoms with Crippen molar-refractivity contribution in [3.8, 4) is 11.4 Å². The summed E-state index contributed by atoms with van der Waals surface area (Å²) in [6.07, 6.45) is 1.22. The summed E-state index contributed by atoms with van der Waals surface area (Å²) < 4.78 is 24.0. The number of ether oxygens (including phenoxy) is 1. The second-order valence-electron chi connectivity index (χ2n) is 5.83. The molecule has 0 aliphatic carbocycles. The van der Waals surface area contributed by atoms with Crippen molar-refractivity contribution < 1.29 is 18.4 Å². The third-order valence-corrected chi connectivity index (χ3v) is 4.00. The lowest BCUT2D eigenvalue weighted by Crippen LogP contribution is -2.37. The van der Waals surface area contributed by atoms with Gasteiger partial charge in [-0.1, -0.05) is 17.3 Å². The number of aromatic nitrogens is 2. The van der Waals surface area contributed by atoms with Gasteiger partial charge in [-0.25, -0.2) is 4.39 Å².